The fourth-order valence-electron chi connectivity index (χ4n) is 7.02. The second-order valence-corrected chi connectivity index (χ2v) is 10.6. The molecule has 34 heavy (non-hydrogen) atoms. The molecule has 4 bridgehead atoms. The summed E-state index contributed by atoms with van der Waals surface area (Å²) < 4.78 is 10.3. The maximum Gasteiger partial charge on any atom is 0.340 e. The minimum atomic E-state index is -0.500. The number of methoxy groups -OCH3 is 1. The van der Waals surface area contributed by atoms with E-state index in [2.05, 4.69) is 15.5 Å². The fraction of sp³-hybridized carbons (Fsp3) is 0.654. The van der Waals surface area contributed by atoms with E-state index < -0.39 is 5.97 Å². The van der Waals surface area contributed by atoms with Crippen molar-refractivity contribution in [1.82, 2.24) is 5.32 Å². The van der Waals surface area contributed by atoms with Crippen LogP contribution in [0.1, 0.15) is 55.3 Å². The predicted octanol–water partition coefficient (Wildman–Crippen LogP) is 2.97. The van der Waals surface area contributed by atoms with Gasteiger partial charge in [-0.25, -0.2) is 4.79 Å². The molecule has 2 N–H and O–H groups in total. The summed E-state index contributed by atoms with van der Waals surface area (Å²) in [7, 11) is 1.33. The number of carbonyl (C=O) groups is 3. The molecule has 0 unspecified atom stereocenters. The van der Waals surface area contributed by atoms with Crippen molar-refractivity contribution in [2.24, 2.45) is 23.2 Å². The maximum atomic E-state index is 13.1. The number of nitrogens with one attached hydrogen (secondary N) is 2. The summed E-state index contributed by atoms with van der Waals surface area (Å²) in [4.78, 5) is 40.3. The van der Waals surface area contributed by atoms with Crippen LogP contribution < -0.4 is 15.5 Å². The lowest BCUT2D eigenvalue weighted by Gasteiger charge is -2.55. The standard InChI is InChI=1S/C26H35N3O5/c1-33-24(31)21-13-20(29-6-8-34-9-7-29)2-3-22(21)28-23(30)4-5-27-25(32)26-14-17-10-18(15-26)12-19(11-17)16-26/h2-3,13,17-19H,4-12,14-16H2,1H3,(H,27,32)(H,28,30). The molecule has 5 fully saturated rings. The number of amides is 2. The van der Waals surface area contributed by atoms with Crippen LogP contribution in [0.25, 0.3) is 0 Å². The van der Waals surface area contributed by atoms with Gasteiger partial charge in [0.25, 0.3) is 0 Å². The number of carbonyl (C=O) groups excluding carboxylic acids is 3. The molecule has 184 valence electrons. The van der Waals surface area contributed by atoms with Crippen molar-refractivity contribution in [3.05, 3.63) is 23.8 Å². The number of benzene rings is 1. The number of hydrogen-bond acceptors (Lipinski definition) is 6. The number of ether oxygens (including phenoxy) is 2. The van der Waals surface area contributed by atoms with Crippen molar-refractivity contribution in [1.29, 1.82) is 0 Å². The molecule has 2 amide bonds. The highest BCUT2D eigenvalue weighted by molar-refractivity contribution is 6.02. The van der Waals surface area contributed by atoms with Crippen molar-refractivity contribution in [2.75, 3.05) is 50.2 Å². The second kappa shape index (κ2) is 9.56. The maximum absolute atomic E-state index is 13.1. The number of rotatable bonds is 7. The van der Waals surface area contributed by atoms with Crippen LogP contribution in [0.5, 0.6) is 0 Å². The summed E-state index contributed by atoms with van der Waals surface area (Å²) in [6, 6.07) is 5.38. The molecule has 5 aliphatic rings. The minimum absolute atomic E-state index is 0.129. The predicted molar refractivity (Wildman–Crippen MR) is 128 cm³/mol. The third kappa shape index (κ3) is 4.65. The number of morpholine rings is 1. The molecule has 1 aromatic carbocycles. The minimum Gasteiger partial charge on any atom is -0.465 e. The highest BCUT2D eigenvalue weighted by atomic mass is 16.5. The van der Waals surface area contributed by atoms with Crippen molar-refractivity contribution >= 4 is 29.2 Å². The SMILES string of the molecule is COC(=O)c1cc(N2CCOCC2)ccc1NC(=O)CCNC(=O)C12CC3CC(CC(C3)C1)C2. The number of anilines is 2. The molecule has 6 rings (SSSR count). The zero-order valence-electron chi connectivity index (χ0n) is 19.9. The van der Waals surface area contributed by atoms with Crippen LogP contribution in [0.4, 0.5) is 11.4 Å². The summed E-state index contributed by atoms with van der Waals surface area (Å²) >= 11 is 0. The van der Waals surface area contributed by atoms with E-state index >= 15 is 0 Å². The summed E-state index contributed by atoms with van der Waals surface area (Å²) in [5.41, 5.74) is 1.42. The van der Waals surface area contributed by atoms with Gasteiger partial charge >= 0.3 is 5.97 Å². The Labute approximate surface area is 200 Å². The van der Waals surface area contributed by atoms with Gasteiger partial charge in [-0.2, -0.15) is 0 Å². The molecule has 4 aliphatic carbocycles. The number of hydrogen-bond donors (Lipinski definition) is 2. The molecule has 1 heterocycles. The first-order chi connectivity index (χ1) is 16.5. The summed E-state index contributed by atoms with van der Waals surface area (Å²) in [6.07, 6.45) is 7.06. The van der Waals surface area contributed by atoms with Gasteiger partial charge in [0.15, 0.2) is 0 Å². The van der Waals surface area contributed by atoms with Gasteiger partial charge in [-0.05, 0) is 74.5 Å². The Kier molecular flexibility index (Phi) is 6.51. The molecular weight excluding hydrogens is 434 g/mol. The van der Waals surface area contributed by atoms with Crippen molar-refractivity contribution in [2.45, 2.75) is 44.9 Å². The van der Waals surface area contributed by atoms with Crippen molar-refractivity contribution < 1.29 is 23.9 Å². The summed E-state index contributed by atoms with van der Waals surface area (Å²) in [5.74, 6) is 1.51. The third-order valence-corrected chi connectivity index (χ3v) is 8.22. The molecule has 1 aliphatic heterocycles. The van der Waals surface area contributed by atoms with E-state index in [0.29, 0.717) is 48.8 Å². The van der Waals surface area contributed by atoms with Gasteiger partial charge in [-0.1, -0.05) is 0 Å². The molecule has 4 saturated carbocycles. The van der Waals surface area contributed by atoms with E-state index in [-0.39, 0.29) is 23.7 Å². The lowest BCUT2D eigenvalue weighted by molar-refractivity contribution is -0.146. The van der Waals surface area contributed by atoms with E-state index in [1.54, 1.807) is 12.1 Å². The van der Waals surface area contributed by atoms with Crippen LogP contribution in [-0.2, 0) is 19.1 Å². The Bertz CT molecular complexity index is 920. The van der Waals surface area contributed by atoms with Crippen molar-refractivity contribution in [3.8, 4) is 0 Å². The van der Waals surface area contributed by atoms with Crippen molar-refractivity contribution in [3.63, 3.8) is 0 Å². The molecule has 0 spiro atoms. The molecule has 8 nitrogen and oxygen atoms in total. The lowest BCUT2D eigenvalue weighted by atomic mass is 9.49. The zero-order valence-corrected chi connectivity index (χ0v) is 19.9. The van der Waals surface area contributed by atoms with E-state index in [9.17, 15) is 14.4 Å². The largest absolute Gasteiger partial charge is 0.465 e. The average Bonchev–Trinajstić information content (AvgIpc) is 2.83. The quantitative estimate of drug-likeness (QED) is 0.596. The Morgan fingerprint density at radius 1 is 1.06 bits per heavy atom. The number of nitrogens with zero attached hydrogens (tertiary/aromatic N) is 1. The van der Waals surface area contributed by atoms with Gasteiger partial charge < -0.3 is 25.0 Å². The van der Waals surface area contributed by atoms with Crippen LogP contribution >= 0.6 is 0 Å². The summed E-state index contributed by atoms with van der Waals surface area (Å²) in [6.45, 7) is 3.07. The normalized spacial score (nSPS) is 29.6. The Hall–Kier alpha value is -2.61. The first kappa shape index (κ1) is 23.1. The average molecular weight is 470 g/mol. The molecule has 0 aromatic heterocycles. The Balaban J connectivity index is 1.17. The Morgan fingerprint density at radius 2 is 1.71 bits per heavy atom. The highest BCUT2D eigenvalue weighted by Crippen LogP contribution is 2.60. The molecule has 1 aromatic rings. The van der Waals surface area contributed by atoms with Gasteiger partial charge in [0.05, 0.1) is 31.6 Å². The van der Waals surface area contributed by atoms with E-state index in [4.69, 9.17) is 9.47 Å². The number of esters is 1. The molecule has 8 heteroatoms. The van der Waals surface area contributed by atoms with Crippen LogP contribution in [0.15, 0.2) is 18.2 Å². The topological polar surface area (TPSA) is 97.0 Å². The third-order valence-electron chi connectivity index (χ3n) is 8.22. The first-order valence-corrected chi connectivity index (χ1v) is 12.6. The van der Waals surface area contributed by atoms with Gasteiger partial charge in [-0.3, -0.25) is 9.59 Å². The van der Waals surface area contributed by atoms with Gasteiger partial charge in [-0.15, -0.1) is 0 Å². The Morgan fingerprint density at radius 3 is 2.32 bits per heavy atom. The fourth-order valence-corrected chi connectivity index (χ4v) is 7.02. The molecule has 1 saturated heterocycles. The smallest absolute Gasteiger partial charge is 0.340 e. The second-order valence-electron chi connectivity index (χ2n) is 10.6. The zero-order chi connectivity index (χ0) is 23.7. The van der Waals surface area contributed by atoms with Gasteiger partial charge in [0.2, 0.25) is 11.8 Å². The molecule has 0 atom stereocenters. The lowest BCUT2D eigenvalue weighted by Crippen LogP contribution is -2.53. The molecule has 0 radical (unpaired) electrons. The van der Waals surface area contributed by atoms with Crippen LogP contribution in [0.2, 0.25) is 0 Å². The first-order valence-electron chi connectivity index (χ1n) is 12.6. The monoisotopic (exact) mass is 469 g/mol. The van der Waals surface area contributed by atoms with E-state index in [1.165, 1.54) is 26.4 Å². The van der Waals surface area contributed by atoms with Crippen LogP contribution in [0.3, 0.4) is 0 Å². The van der Waals surface area contributed by atoms with Gasteiger partial charge in [0.1, 0.15) is 0 Å². The van der Waals surface area contributed by atoms with Crippen LogP contribution in [0, 0.1) is 23.2 Å². The van der Waals surface area contributed by atoms with E-state index in [1.807, 2.05) is 6.07 Å². The van der Waals surface area contributed by atoms with E-state index in [0.717, 1.165) is 38.0 Å². The molecular formula is C26H35N3O5. The van der Waals surface area contributed by atoms with Gasteiger partial charge in [0, 0.05) is 37.2 Å². The highest BCUT2D eigenvalue weighted by Gasteiger charge is 2.54. The summed E-state index contributed by atoms with van der Waals surface area (Å²) in [5, 5.41) is 5.88. The van der Waals surface area contributed by atoms with Crippen LogP contribution in [-0.4, -0.2) is 57.7 Å².